The van der Waals surface area contributed by atoms with E-state index >= 15 is 0 Å². The molecule has 0 unspecified atom stereocenters. The maximum absolute atomic E-state index is 11.0. The monoisotopic (exact) mass is 185 g/mol. The molecule has 0 bridgehead atoms. The summed E-state index contributed by atoms with van der Waals surface area (Å²) in [5.74, 6) is -0.140. The third kappa shape index (κ3) is 9.08. The minimum Gasteiger partial charge on any atom is -0.395 e. The maximum atomic E-state index is 11.0. The molecule has 0 aliphatic heterocycles. The third-order valence-electron chi connectivity index (χ3n) is 1.41. The lowest BCUT2D eigenvalue weighted by molar-refractivity contribution is -0.116. The van der Waals surface area contributed by atoms with Gasteiger partial charge in [0.1, 0.15) is 0 Å². The molecule has 0 aromatic carbocycles. The average molecular weight is 185 g/mol. The minimum atomic E-state index is -0.140. The van der Waals surface area contributed by atoms with E-state index in [1.165, 1.54) is 6.08 Å². The molecule has 76 valence electrons. The molecular formula is C10H19NO2. The van der Waals surface area contributed by atoms with Crippen LogP contribution in [0.1, 0.15) is 27.2 Å². The van der Waals surface area contributed by atoms with Crippen molar-refractivity contribution >= 4 is 5.91 Å². The molecule has 0 radical (unpaired) electrons. The van der Waals surface area contributed by atoms with E-state index in [1.807, 2.05) is 6.08 Å². The van der Waals surface area contributed by atoms with E-state index in [0.29, 0.717) is 6.54 Å². The highest BCUT2D eigenvalue weighted by Gasteiger charge is 2.06. The Hall–Kier alpha value is -0.830. The Kier molecular flexibility index (Phi) is 5.39. The molecule has 13 heavy (non-hydrogen) atoms. The molecule has 0 heterocycles. The highest BCUT2D eigenvalue weighted by atomic mass is 16.3. The van der Waals surface area contributed by atoms with Crippen LogP contribution in [0.25, 0.3) is 0 Å². The smallest absolute Gasteiger partial charge is 0.243 e. The van der Waals surface area contributed by atoms with Crippen LogP contribution in [0, 0.1) is 5.41 Å². The fraction of sp³-hybridized carbons (Fsp3) is 0.700. The Morgan fingerprint density at radius 1 is 1.46 bits per heavy atom. The van der Waals surface area contributed by atoms with Gasteiger partial charge in [0, 0.05) is 6.54 Å². The van der Waals surface area contributed by atoms with Crippen molar-refractivity contribution in [3.05, 3.63) is 12.2 Å². The Morgan fingerprint density at radius 3 is 2.54 bits per heavy atom. The summed E-state index contributed by atoms with van der Waals surface area (Å²) in [6.45, 7) is 6.65. The molecule has 0 aliphatic rings. The zero-order valence-electron chi connectivity index (χ0n) is 8.63. The van der Waals surface area contributed by atoms with Crippen LogP contribution in [-0.4, -0.2) is 24.2 Å². The number of amides is 1. The molecule has 2 N–H and O–H groups in total. The number of aliphatic hydroxyl groups excluding tert-OH is 1. The Morgan fingerprint density at radius 2 is 2.08 bits per heavy atom. The summed E-state index contributed by atoms with van der Waals surface area (Å²) >= 11 is 0. The lowest BCUT2D eigenvalue weighted by atomic mass is 9.92. The van der Waals surface area contributed by atoms with Crippen LogP contribution in [-0.2, 0) is 4.79 Å². The number of hydrogen-bond acceptors (Lipinski definition) is 2. The van der Waals surface area contributed by atoms with E-state index in [9.17, 15) is 4.79 Å². The van der Waals surface area contributed by atoms with Gasteiger partial charge in [0.2, 0.25) is 5.91 Å². The first-order chi connectivity index (χ1) is 5.95. The van der Waals surface area contributed by atoms with Gasteiger partial charge < -0.3 is 10.4 Å². The third-order valence-corrected chi connectivity index (χ3v) is 1.41. The predicted molar refractivity (Wildman–Crippen MR) is 53.3 cm³/mol. The number of hydrogen-bond donors (Lipinski definition) is 2. The molecular weight excluding hydrogens is 166 g/mol. The molecule has 3 nitrogen and oxygen atoms in total. The number of aliphatic hydroxyl groups is 1. The van der Waals surface area contributed by atoms with Gasteiger partial charge >= 0.3 is 0 Å². The fourth-order valence-electron chi connectivity index (χ4n) is 0.758. The second-order valence-corrected chi connectivity index (χ2v) is 4.18. The topological polar surface area (TPSA) is 49.3 Å². The first-order valence-corrected chi connectivity index (χ1v) is 4.51. The molecule has 0 rings (SSSR count). The van der Waals surface area contributed by atoms with Crippen LogP contribution in [0.3, 0.4) is 0 Å². The van der Waals surface area contributed by atoms with Crippen LogP contribution >= 0.6 is 0 Å². The second-order valence-electron chi connectivity index (χ2n) is 4.18. The van der Waals surface area contributed by atoms with Gasteiger partial charge in [-0.1, -0.05) is 26.8 Å². The van der Waals surface area contributed by atoms with Gasteiger partial charge in [-0.3, -0.25) is 4.79 Å². The molecule has 0 atom stereocenters. The van der Waals surface area contributed by atoms with Crippen LogP contribution in [0.2, 0.25) is 0 Å². The van der Waals surface area contributed by atoms with Crippen molar-refractivity contribution in [3.8, 4) is 0 Å². The molecule has 3 heteroatoms. The maximum Gasteiger partial charge on any atom is 0.243 e. The fourth-order valence-corrected chi connectivity index (χ4v) is 0.758. The first kappa shape index (κ1) is 12.2. The zero-order valence-corrected chi connectivity index (χ0v) is 8.63. The molecule has 0 saturated heterocycles. The lowest BCUT2D eigenvalue weighted by Crippen LogP contribution is -2.24. The Bertz CT molecular complexity index is 180. The molecule has 0 fully saturated rings. The summed E-state index contributed by atoms with van der Waals surface area (Å²) in [7, 11) is 0. The largest absolute Gasteiger partial charge is 0.395 e. The summed E-state index contributed by atoms with van der Waals surface area (Å²) in [5.41, 5.74) is 0.216. The minimum absolute atomic E-state index is 0.0150. The number of nitrogens with one attached hydrogen (secondary N) is 1. The van der Waals surface area contributed by atoms with E-state index in [1.54, 1.807) is 0 Å². The van der Waals surface area contributed by atoms with E-state index < -0.39 is 0 Å². The lowest BCUT2D eigenvalue weighted by Gasteiger charge is -2.14. The van der Waals surface area contributed by atoms with Crippen LogP contribution in [0.4, 0.5) is 0 Å². The summed E-state index contributed by atoms with van der Waals surface area (Å²) in [4.78, 5) is 11.0. The van der Waals surface area contributed by atoms with Gasteiger partial charge in [0.25, 0.3) is 0 Å². The van der Waals surface area contributed by atoms with Crippen molar-refractivity contribution in [2.24, 2.45) is 5.41 Å². The normalized spacial score (nSPS) is 12.0. The molecule has 0 aliphatic carbocycles. The molecule has 0 spiro atoms. The van der Waals surface area contributed by atoms with E-state index in [2.05, 4.69) is 26.1 Å². The SMILES string of the molecule is CC(C)(C)C/C=C/C(=O)NCCO. The summed E-state index contributed by atoms with van der Waals surface area (Å²) in [6.07, 6.45) is 4.24. The Labute approximate surface area is 79.8 Å². The number of carbonyl (C=O) groups is 1. The van der Waals surface area contributed by atoms with Gasteiger partial charge in [0.15, 0.2) is 0 Å². The molecule has 0 aromatic heterocycles. The van der Waals surface area contributed by atoms with Crippen molar-refractivity contribution in [1.29, 1.82) is 0 Å². The van der Waals surface area contributed by atoms with Gasteiger partial charge in [-0.15, -0.1) is 0 Å². The van der Waals surface area contributed by atoms with Crippen LogP contribution < -0.4 is 5.32 Å². The van der Waals surface area contributed by atoms with Gasteiger partial charge in [-0.05, 0) is 17.9 Å². The van der Waals surface area contributed by atoms with E-state index in [-0.39, 0.29) is 17.9 Å². The van der Waals surface area contributed by atoms with Crippen molar-refractivity contribution < 1.29 is 9.90 Å². The molecule has 0 aromatic rings. The second kappa shape index (κ2) is 5.75. The van der Waals surface area contributed by atoms with Crippen molar-refractivity contribution in [3.63, 3.8) is 0 Å². The summed E-state index contributed by atoms with van der Waals surface area (Å²) < 4.78 is 0. The number of carbonyl (C=O) groups excluding carboxylic acids is 1. The summed E-state index contributed by atoms with van der Waals surface area (Å²) in [5, 5.41) is 11.0. The average Bonchev–Trinajstić information content (AvgIpc) is 1.98. The van der Waals surface area contributed by atoms with Crippen LogP contribution in [0.15, 0.2) is 12.2 Å². The van der Waals surface area contributed by atoms with Gasteiger partial charge in [0.05, 0.1) is 6.61 Å². The first-order valence-electron chi connectivity index (χ1n) is 4.51. The summed E-state index contributed by atoms with van der Waals surface area (Å²) in [6, 6.07) is 0. The Balaban J connectivity index is 3.66. The van der Waals surface area contributed by atoms with E-state index in [0.717, 1.165) is 6.42 Å². The highest BCUT2D eigenvalue weighted by Crippen LogP contribution is 2.18. The zero-order chi connectivity index (χ0) is 10.3. The standard InChI is InChI=1S/C10H19NO2/c1-10(2,3)6-4-5-9(13)11-7-8-12/h4-5,12H,6-8H2,1-3H3,(H,11,13)/b5-4+. The van der Waals surface area contributed by atoms with Gasteiger partial charge in [-0.25, -0.2) is 0 Å². The van der Waals surface area contributed by atoms with Crippen molar-refractivity contribution in [2.45, 2.75) is 27.2 Å². The predicted octanol–water partition coefficient (Wildman–Crippen LogP) is 1.09. The van der Waals surface area contributed by atoms with Crippen LogP contribution in [0.5, 0.6) is 0 Å². The molecule has 0 saturated carbocycles. The quantitative estimate of drug-likeness (QED) is 0.644. The van der Waals surface area contributed by atoms with Crippen molar-refractivity contribution in [1.82, 2.24) is 5.32 Å². The van der Waals surface area contributed by atoms with E-state index in [4.69, 9.17) is 5.11 Å². The number of allylic oxidation sites excluding steroid dienone is 1. The van der Waals surface area contributed by atoms with Gasteiger partial charge in [-0.2, -0.15) is 0 Å². The molecule has 1 amide bonds. The van der Waals surface area contributed by atoms with Crippen molar-refractivity contribution in [2.75, 3.05) is 13.2 Å². The number of rotatable bonds is 4. The highest BCUT2D eigenvalue weighted by molar-refractivity contribution is 5.87.